The van der Waals surface area contributed by atoms with Crippen LogP contribution in [-0.4, -0.2) is 29.1 Å². The highest BCUT2D eigenvalue weighted by atomic mass is 16.5. The fourth-order valence-corrected chi connectivity index (χ4v) is 3.17. The van der Waals surface area contributed by atoms with Crippen molar-refractivity contribution in [2.75, 3.05) is 18.5 Å². The van der Waals surface area contributed by atoms with E-state index in [4.69, 9.17) is 14.5 Å². The van der Waals surface area contributed by atoms with Gasteiger partial charge in [0.25, 0.3) is 5.91 Å². The Hall–Kier alpha value is -3.15. The molecule has 6 nitrogen and oxygen atoms in total. The average molecular weight is 393 g/mol. The van der Waals surface area contributed by atoms with E-state index in [1.54, 1.807) is 24.3 Å². The van der Waals surface area contributed by atoms with Gasteiger partial charge in [0, 0.05) is 11.6 Å². The van der Waals surface area contributed by atoms with Crippen LogP contribution in [0.3, 0.4) is 0 Å². The Bertz CT molecular complexity index is 1020. The molecule has 3 rings (SSSR count). The molecule has 29 heavy (non-hydrogen) atoms. The van der Waals surface area contributed by atoms with E-state index in [0.717, 1.165) is 35.3 Å². The SMILES string of the molecule is CCOc1ccc(OCC)c(NC(=O)c2ccc3nc(CC)c(CC)nc3c2)c1. The third-order valence-corrected chi connectivity index (χ3v) is 4.56. The lowest BCUT2D eigenvalue weighted by Gasteiger charge is -2.14. The van der Waals surface area contributed by atoms with E-state index in [0.29, 0.717) is 36.0 Å². The van der Waals surface area contributed by atoms with E-state index in [9.17, 15) is 4.79 Å². The summed E-state index contributed by atoms with van der Waals surface area (Å²) in [6.07, 6.45) is 1.65. The zero-order valence-electron chi connectivity index (χ0n) is 17.4. The number of benzene rings is 2. The maximum Gasteiger partial charge on any atom is 0.255 e. The Balaban J connectivity index is 1.92. The first-order valence-electron chi connectivity index (χ1n) is 10.1. The number of anilines is 1. The van der Waals surface area contributed by atoms with Gasteiger partial charge < -0.3 is 14.8 Å². The van der Waals surface area contributed by atoms with E-state index in [1.807, 2.05) is 26.0 Å². The molecule has 1 amide bonds. The van der Waals surface area contributed by atoms with E-state index in [2.05, 4.69) is 24.1 Å². The van der Waals surface area contributed by atoms with Gasteiger partial charge in [-0.3, -0.25) is 4.79 Å². The minimum absolute atomic E-state index is 0.235. The van der Waals surface area contributed by atoms with E-state index < -0.39 is 0 Å². The second kappa shape index (κ2) is 9.37. The van der Waals surface area contributed by atoms with Gasteiger partial charge >= 0.3 is 0 Å². The Labute approximate surface area is 171 Å². The van der Waals surface area contributed by atoms with Crippen LogP contribution in [0.25, 0.3) is 11.0 Å². The van der Waals surface area contributed by atoms with Crippen molar-refractivity contribution in [3.05, 3.63) is 53.3 Å². The molecule has 6 heteroatoms. The largest absolute Gasteiger partial charge is 0.494 e. The van der Waals surface area contributed by atoms with Gasteiger partial charge in [-0.25, -0.2) is 9.97 Å². The van der Waals surface area contributed by atoms with Gasteiger partial charge in [-0.05, 0) is 57.0 Å². The quantitative estimate of drug-likeness (QED) is 0.595. The average Bonchev–Trinajstić information content (AvgIpc) is 2.74. The first kappa shape index (κ1) is 20.6. The van der Waals surface area contributed by atoms with Gasteiger partial charge in [0.1, 0.15) is 11.5 Å². The van der Waals surface area contributed by atoms with E-state index in [1.165, 1.54) is 0 Å². The summed E-state index contributed by atoms with van der Waals surface area (Å²) in [4.78, 5) is 22.3. The molecule has 3 aromatic rings. The molecule has 0 saturated heterocycles. The second-order valence-electron chi connectivity index (χ2n) is 6.51. The molecule has 0 fully saturated rings. The maximum absolute atomic E-state index is 12.9. The van der Waals surface area contributed by atoms with Crippen molar-refractivity contribution in [2.24, 2.45) is 0 Å². The highest BCUT2D eigenvalue weighted by Crippen LogP contribution is 2.30. The lowest BCUT2D eigenvalue weighted by Crippen LogP contribution is -2.13. The van der Waals surface area contributed by atoms with Crippen LogP contribution in [0.15, 0.2) is 36.4 Å². The fraction of sp³-hybridized carbons (Fsp3) is 0.348. The standard InChI is InChI=1S/C23H27N3O3/c1-5-17-18(6-2)25-20-13-15(9-11-19(20)24-17)23(27)26-21-14-16(28-7-3)10-12-22(21)29-8-4/h9-14H,5-8H2,1-4H3,(H,26,27). The Morgan fingerprint density at radius 2 is 1.55 bits per heavy atom. The van der Waals surface area contributed by atoms with Gasteiger partial charge in [-0.1, -0.05) is 13.8 Å². The molecule has 1 N–H and O–H groups in total. The van der Waals surface area contributed by atoms with Gasteiger partial charge in [0.05, 0.1) is 41.3 Å². The summed E-state index contributed by atoms with van der Waals surface area (Å²) in [6.45, 7) is 9.00. The topological polar surface area (TPSA) is 73.3 Å². The van der Waals surface area contributed by atoms with Gasteiger partial charge in [-0.2, -0.15) is 0 Å². The molecule has 2 aromatic carbocycles. The number of carbonyl (C=O) groups is 1. The van der Waals surface area contributed by atoms with Crippen LogP contribution in [0.5, 0.6) is 11.5 Å². The fourth-order valence-electron chi connectivity index (χ4n) is 3.17. The third kappa shape index (κ3) is 4.65. The van der Waals surface area contributed by atoms with Crippen LogP contribution in [0.2, 0.25) is 0 Å². The third-order valence-electron chi connectivity index (χ3n) is 4.56. The molecule has 0 unspecified atom stereocenters. The molecular weight excluding hydrogens is 366 g/mol. The summed E-state index contributed by atoms with van der Waals surface area (Å²) >= 11 is 0. The predicted molar refractivity (Wildman–Crippen MR) is 115 cm³/mol. The molecule has 0 radical (unpaired) electrons. The highest BCUT2D eigenvalue weighted by molar-refractivity contribution is 6.06. The number of ether oxygens (including phenoxy) is 2. The number of hydrogen-bond donors (Lipinski definition) is 1. The van der Waals surface area contributed by atoms with Crippen molar-refractivity contribution >= 4 is 22.6 Å². The maximum atomic E-state index is 12.9. The number of carbonyl (C=O) groups excluding carboxylic acids is 1. The number of aromatic nitrogens is 2. The second-order valence-corrected chi connectivity index (χ2v) is 6.51. The minimum Gasteiger partial charge on any atom is -0.494 e. The number of fused-ring (bicyclic) bond motifs is 1. The van der Waals surface area contributed by atoms with Gasteiger partial charge in [0.15, 0.2) is 0 Å². The van der Waals surface area contributed by atoms with Crippen molar-refractivity contribution in [1.29, 1.82) is 0 Å². The zero-order valence-corrected chi connectivity index (χ0v) is 17.4. The summed E-state index contributed by atoms with van der Waals surface area (Å²) in [6, 6.07) is 10.8. The summed E-state index contributed by atoms with van der Waals surface area (Å²) in [5.41, 5.74) is 4.59. The van der Waals surface area contributed by atoms with Gasteiger partial charge in [-0.15, -0.1) is 0 Å². The highest BCUT2D eigenvalue weighted by Gasteiger charge is 2.14. The number of rotatable bonds is 8. The van der Waals surface area contributed by atoms with E-state index in [-0.39, 0.29) is 5.91 Å². The molecule has 0 aliphatic rings. The van der Waals surface area contributed by atoms with Crippen LogP contribution < -0.4 is 14.8 Å². The van der Waals surface area contributed by atoms with Crippen LogP contribution >= 0.6 is 0 Å². The zero-order chi connectivity index (χ0) is 20.8. The number of aryl methyl sites for hydroxylation is 2. The summed E-state index contributed by atoms with van der Waals surface area (Å²) in [5, 5.41) is 2.93. The van der Waals surface area contributed by atoms with Crippen molar-refractivity contribution in [1.82, 2.24) is 9.97 Å². The van der Waals surface area contributed by atoms with E-state index >= 15 is 0 Å². The van der Waals surface area contributed by atoms with Crippen LogP contribution in [-0.2, 0) is 12.8 Å². The van der Waals surface area contributed by atoms with Crippen molar-refractivity contribution in [3.63, 3.8) is 0 Å². The van der Waals surface area contributed by atoms with Crippen LogP contribution in [0, 0.1) is 0 Å². The van der Waals surface area contributed by atoms with Gasteiger partial charge in [0.2, 0.25) is 0 Å². The molecule has 152 valence electrons. The normalized spacial score (nSPS) is 10.8. The van der Waals surface area contributed by atoms with Crippen LogP contribution in [0.1, 0.15) is 49.4 Å². The first-order chi connectivity index (χ1) is 14.1. The minimum atomic E-state index is -0.235. The molecule has 1 heterocycles. The number of nitrogens with one attached hydrogen (secondary N) is 1. The Morgan fingerprint density at radius 3 is 2.21 bits per heavy atom. The van der Waals surface area contributed by atoms with Crippen molar-refractivity contribution in [2.45, 2.75) is 40.5 Å². The monoisotopic (exact) mass is 393 g/mol. The number of nitrogens with zero attached hydrogens (tertiary/aromatic N) is 2. The smallest absolute Gasteiger partial charge is 0.255 e. The lowest BCUT2D eigenvalue weighted by molar-refractivity contribution is 0.102. The molecule has 0 saturated carbocycles. The van der Waals surface area contributed by atoms with Crippen molar-refractivity contribution in [3.8, 4) is 11.5 Å². The summed E-state index contributed by atoms with van der Waals surface area (Å²) in [7, 11) is 0. The molecule has 0 spiro atoms. The number of hydrogen-bond acceptors (Lipinski definition) is 5. The molecule has 0 bridgehead atoms. The summed E-state index contributed by atoms with van der Waals surface area (Å²) < 4.78 is 11.2. The molecule has 0 aliphatic heterocycles. The molecular formula is C23H27N3O3. The Kier molecular flexibility index (Phi) is 6.65. The molecule has 0 atom stereocenters. The predicted octanol–water partition coefficient (Wildman–Crippen LogP) is 4.80. The first-order valence-corrected chi connectivity index (χ1v) is 10.1. The number of amides is 1. The molecule has 1 aromatic heterocycles. The van der Waals surface area contributed by atoms with Crippen molar-refractivity contribution < 1.29 is 14.3 Å². The molecule has 0 aliphatic carbocycles. The lowest BCUT2D eigenvalue weighted by atomic mass is 10.1. The summed E-state index contributed by atoms with van der Waals surface area (Å²) in [5.74, 6) is 1.04. The Morgan fingerprint density at radius 1 is 0.862 bits per heavy atom. The van der Waals surface area contributed by atoms with Crippen LogP contribution in [0.4, 0.5) is 5.69 Å².